The van der Waals surface area contributed by atoms with Crippen molar-refractivity contribution in [2.24, 2.45) is 11.8 Å². The fourth-order valence-corrected chi connectivity index (χ4v) is 2.71. The van der Waals surface area contributed by atoms with Crippen molar-refractivity contribution in [3.8, 4) is 0 Å². The summed E-state index contributed by atoms with van der Waals surface area (Å²) in [5.74, 6) is 1.71. The predicted molar refractivity (Wildman–Crippen MR) is 80.6 cm³/mol. The Morgan fingerprint density at radius 3 is 2.15 bits per heavy atom. The molecule has 2 saturated carbocycles. The minimum atomic E-state index is -0.166. The lowest BCUT2D eigenvalue weighted by molar-refractivity contribution is -0.143. The third kappa shape index (κ3) is 5.80. The number of nitrogens with zero attached hydrogens (tertiary/aromatic N) is 1. The van der Waals surface area contributed by atoms with E-state index in [9.17, 15) is 4.79 Å². The zero-order chi connectivity index (χ0) is 14.5. The maximum Gasteiger partial charge on any atom is 0.322 e. The van der Waals surface area contributed by atoms with Crippen molar-refractivity contribution in [3.63, 3.8) is 0 Å². The number of hydrogen-bond acceptors (Lipinski definition) is 4. The lowest BCUT2D eigenvalue weighted by Gasteiger charge is -2.25. The van der Waals surface area contributed by atoms with Gasteiger partial charge in [0.1, 0.15) is 6.04 Å². The van der Waals surface area contributed by atoms with Crippen molar-refractivity contribution < 1.29 is 9.53 Å². The van der Waals surface area contributed by atoms with Gasteiger partial charge in [0.25, 0.3) is 0 Å². The first-order valence-electron chi connectivity index (χ1n) is 8.14. The van der Waals surface area contributed by atoms with Gasteiger partial charge in [0.05, 0.1) is 7.11 Å². The molecule has 0 aromatic carbocycles. The van der Waals surface area contributed by atoms with E-state index >= 15 is 0 Å². The van der Waals surface area contributed by atoms with Crippen molar-refractivity contribution >= 4 is 5.97 Å². The Morgan fingerprint density at radius 1 is 1.20 bits per heavy atom. The zero-order valence-corrected chi connectivity index (χ0v) is 13.2. The second kappa shape index (κ2) is 7.41. The molecule has 0 bridgehead atoms. The average molecular weight is 282 g/mol. The molecule has 0 spiro atoms. The second-order valence-corrected chi connectivity index (χ2v) is 6.83. The van der Waals surface area contributed by atoms with Gasteiger partial charge in [-0.3, -0.25) is 4.79 Å². The molecule has 0 aliphatic heterocycles. The molecule has 0 aromatic heterocycles. The Morgan fingerprint density at radius 2 is 1.75 bits per heavy atom. The number of carbonyl (C=O) groups is 1. The largest absolute Gasteiger partial charge is 0.468 e. The Kier molecular flexibility index (Phi) is 5.85. The molecule has 2 fully saturated rings. The SMILES string of the molecule is COC(=O)C(CCN(CC1CC1)CC1CC1)NC(C)C. The van der Waals surface area contributed by atoms with E-state index in [2.05, 4.69) is 24.1 Å². The lowest BCUT2D eigenvalue weighted by atomic mass is 10.1. The Bertz CT molecular complexity index is 298. The molecular formula is C16H30N2O2. The van der Waals surface area contributed by atoms with E-state index in [-0.39, 0.29) is 12.0 Å². The summed E-state index contributed by atoms with van der Waals surface area (Å²) in [7, 11) is 1.48. The second-order valence-electron chi connectivity index (χ2n) is 6.83. The number of rotatable bonds is 10. The molecule has 1 atom stereocenters. The first-order chi connectivity index (χ1) is 9.58. The van der Waals surface area contributed by atoms with E-state index in [1.165, 1.54) is 45.9 Å². The van der Waals surface area contributed by atoms with Crippen LogP contribution in [-0.4, -0.2) is 49.7 Å². The lowest BCUT2D eigenvalue weighted by Crippen LogP contribution is -2.44. The smallest absolute Gasteiger partial charge is 0.322 e. The molecule has 0 amide bonds. The van der Waals surface area contributed by atoms with E-state index < -0.39 is 0 Å². The first-order valence-corrected chi connectivity index (χ1v) is 8.14. The molecule has 20 heavy (non-hydrogen) atoms. The van der Waals surface area contributed by atoms with Crippen LogP contribution in [0.4, 0.5) is 0 Å². The number of carbonyl (C=O) groups excluding carboxylic acids is 1. The summed E-state index contributed by atoms with van der Waals surface area (Å²) in [6.07, 6.45) is 6.43. The normalized spacial score (nSPS) is 20.4. The number of nitrogens with one attached hydrogen (secondary N) is 1. The molecular weight excluding hydrogens is 252 g/mol. The Hall–Kier alpha value is -0.610. The molecule has 4 heteroatoms. The van der Waals surface area contributed by atoms with E-state index in [0.717, 1.165) is 24.8 Å². The van der Waals surface area contributed by atoms with Crippen molar-refractivity contribution in [3.05, 3.63) is 0 Å². The first kappa shape index (κ1) is 15.8. The van der Waals surface area contributed by atoms with Crippen LogP contribution >= 0.6 is 0 Å². The van der Waals surface area contributed by atoms with E-state index in [1.807, 2.05) is 0 Å². The molecule has 2 aliphatic rings. The fraction of sp³-hybridized carbons (Fsp3) is 0.938. The molecule has 2 rings (SSSR count). The third-order valence-corrected chi connectivity index (χ3v) is 4.18. The topological polar surface area (TPSA) is 41.6 Å². The molecule has 2 aliphatic carbocycles. The quantitative estimate of drug-likeness (QED) is 0.623. The molecule has 1 N–H and O–H groups in total. The number of esters is 1. The van der Waals surface area contributed by atoms with E-state index in [0.29, 0.717) is 6.04 Å². The van der Waals surface area contributed by atoms with Crippen LogP contribution in [0.5, 0.6) is 0 Å². The summed E-state index contributed by atoms with van der Waals surface area (Å²) in [6, 6.07) is 0.139. The maximum atomic E-state index is 11.8. The Balaban J connectivity index is 1.78. The average Bonchev–Trinajstić information content (AvgIpc) is 3.28. The van der Waals surface area contributed by atoms with Gasteiger partial charge in [-0.1, -0.05) is 13.8 Å². The summed E-state index contributed by atoms with van der Waals surface area (Å²) in [6.45, 7) is 7.61. The molecule has 116 valence electrons. The van der Waals surface area contributed by atoms with Crippen LogP contribution in [-0.2, 0) is 9.53 Å². The fourth-order valence-electron chi connectivity index (χ4n) is 2.71. The van der Waals surface area contributed by atoms with Crippen LogP contribution in [0.3, 0.4) is 0 Å². The van der Waals surface area contributed by atoms with Crippen LogP contribution in [0, 0.1) is 11.8 Å². The third-order valence-electron chi connectivity index (χ3n) is 4.18. The van der Waals surface area contributed by atoms with Crippen molar-refractivity contribution in [2.45, 2.75) is 58.0 Å². The molecule has 1 unspecified atom stereocenters. The predicted octanol–water partition coefficient (Wildman–Crippen LogP) is 2.04. The van der Waals surface area contributed by atoms with Gasteiger partial charge in [0.2, 0.25) is 0 Å². The highest BCUT2D eigenvalue weighted by atomic mass is 16.5. The van der Waals surface area contributed by atoms with E-state index in [4.69, 9.17) is 4.74 Å². The molecule has 0 aromatic rings. The van der Waals surface area contributed by atoms with Crippen molar-refractivity contribution in [2.75, 3.05) is 26.7 Å². The van der Waals surface area contributed by atoms with Gasteiger partial charge in [0, 0.05) is 25.7 Å². The van der Waals surface area contributed by atoms with Crippen LogP contribution in [0.15, 0.2) is 0 Å². The van der Waals surface area contributed by atoms with Crippen LogP contribution in [0.2, 0.25) is 0 Å². The standard InChI is InChI=1S/C16H30N2O2/c1-12(2)17-15(16(19)20-3)8-9-18(10-13-4-5-13)11-14-6-7-14/h12-15,17H,4-11H2,1-3H3. The highest BCUT2D eigenvalue weighted by Crippen LogP contribution is 2.33. The van der Waals surface area contributed by atoms with Gasteiger partial charge in [0.15, 0.2) is 0 Å². The van der Waals surface area contributed by atoms with Gasteiger partial charge in [-0.05, 0) is 43.9 Å². The van der Waals surface area contributed by atoms with E-state index in [1.54, 1.807) is 0 Å². The Labute approximate surface area is 123 Å². The number of ether oxygens (including phenoxy) is 1. The summed E-state index contributed by atoms with van der Waals surface area (Å²) < 4.78 is 4.91. The zero-order valence-electron chi connectivity index (χ0n) is 13.2. The number of methoxy groups -OCH3 is 1. The van der Waals surface area contributed by atoms with Gasteiger partial charge >= 0.3 is 5.97 Å². The number of hydrogen-bond donors (Lipinski definition) is 1. The van der Waals surface area contributed by atoms with Crippen molar-refractivity contribution in [1.82, 2.24) is 10.2 Å². The molecule has 0 heterocycles. The summed E-state index contributed by atoms with van der Waals surface area (Å²) in [5.41, 5.74) is 0. The van der Waals surface area contributed by atoms with Crippen LogP contribution < -0.4 is 5.32 Å². The molecule has 4 nitrogen and oxygen atoms in total. The van der Waals surface area contributed by atoms with Gasteiger partial charge < -0.3 is 15.0 Å². The van der Waals surface area contributed by atoms with Crippen LogP contribution in [0.1, 0.15) is 46.0 Å². The summed E-state index contributed by atoms with van der Waals surface area (Å²) in [4.78, 5) is 14.4. The van der Waals surface area contributed by atoms with Gasteiger partial charge in [-0.2, -0.15) is 0 Å². The minimum absolute atomic E-state index is 0.128. The van der Waals surface area contributed by atoms with Gasteiger partial charge in [-0.25, -0.2) is 0 Å². The summed E-state index contributed by atoms with van der Waals surface area (Å²) >= 11 is 0. The highest BCUT2D eigenvalue weighted by Gasteiger charge is 2.30. The van der Waals surface area contributed by atoms with Gasteiger partial charge in [-0.15, -0.1) is 0 Å². The summed E-state index contributed by atoms with van der Waals surface area (Å²) in [5, 5.41) is 3.32. The van der Waals surface area contributed by atoms with Crippen LogP contribution in [0.25, 0.3) is 0 Å². The minimum Gasteiger partial charge on any atom is -0.468 e. The molecule has 0 saturated heterocycles. The highest BCUT2D eigenvalue weighted by molar-refractivity contribution is 5.75. The molecule has 0 radical (unpaired) electrons. The maximum absolute atomic E-state index is 11.8. The monoisotopic (exact) mass is 282 g/mol. The van der Waals surface area contributed by atoms with Crippen molar-refractivity contribution in [1.29, 1.82) is 0 Å².